The van der Waals surface area contributed by atoms with Crippen LogP contribution in [-0.4, -0.2) is 94.5 Å². The zero-order valence-corrected chi connectivity index (χ0v) is 15.5. The number of rotatable bonds is 3. The fourth-order valence-corrected chi connectivity index (χ4v) is 3.60. The average molecular weight is 380 g/mol. The Hall–Kier alpha value is -1.97. The number of anilines is 1. The molecule has 26 heavy (non-hydrogen) atoms. The number of carbonyl (C=O) groups excluding carboxylic acids is 1. The number of aromatic nitrogens is 4. The van der Waals surface area contributed by atoms with Gasteiger partial charge in [-0.05, 0) is 11.6 Å². The van der Waals surface area contributed by atoms with Crippen LogP contribution in [0.1, 0.15) is 0 Å². The molecule has 0 unspecified atom stereocenters. The van der Waals surface area contributed by atoms with E-state index in [0.29, 0.717) is 51.6 Å². The second-order valence-corrected chi connectivity index (χ2v) is 6.92. The Morgan fingerprint density at radius 2 is 1.88 bits per heavy atom. The van der Waals surface area contributed by atoms with Crippen molar-refractivity contribution in [2.24, 2.45) is 7.05 Å². The molecule has 2 aliphatic rings. The van der Waals surface area contributed by atoms with Gasteiger partial charge in [0.2, 0.25) is 11.2 Å². The summed E-state index contributed by atoms with van der Waals surface area (Å²) < 4.78 is 7.02. The Labute approximate surface area is 156 Å². The molecule has 0 bridgehead atoms. The monoisotopic (exact) mass is 379 g/mol. The van der Waals surface area contributed by atoms with Gasteiger partial charge in [0.1, 0.15) is 5.82 Å². The van der Waals surface area contributed by atoms with Crippen molar-refractivity contribution >= 4 is 34.4 Å². The van der Waals surface area contributed by atoms with Crippen LogP contribution in [0.5, 0.6) is 0 Å². The maximum absolute atomic E-state index is 12.5. The number of hydrogen-bond donors (Lipinski definition) is 0. The van der Waals surface area contributed by atoms with E-state index in [4.69, 9.17) is 16.3 Å². The lowest BCUT2D eigenvalue weighted by Crippen LogP contribution is -2.52. The van der Waals surface area contributed by atoms with Crippen molar-refractivity contribution < 1.29 is 9.53 Å². The Morgan fingerprint density at radius 3 is 2.62 bits per heavy atom. The van der Waals surface area contributed by atoms with E-state index in [2.05, 4.69) is 24.9 Å². The number of hydrogen-bond acceptors (Lipinski definition) is 7. The largest absolute Gasteiger partial charge is 0.379 e. The van der Waals surface area contributed by atoms with Gasteiger partial charge in [-0.3, -0.25) is 14.4 Å². The second kappa shape index (κ2) is 7.34. The predicted molar refractivity (Wildman–Crippen MR) is 97.4 cm³/mol. The Kier molecular flexibility index (Phi) is 4.92. The summed E-state index contributed by atoms with van der Waals surface area (Å²) in [6, 6.07) is 0. The van der Waals surface area contributed by atoms with Crippen LogP contribution in [0, 0.1) is 0 Å². The van der Waals surface area contributed by atoms with Gasteiger partial charge < -0.3 is 14.5 Å². The first kappa shape index (κ1) is 17.4. The first-order valence-corrected chi connectivity index (χ1v) is 9.17. The number of aryl methyl sites for hydroxylation is 1. The van der Waals surface area contributed by atoms with E-state index in [1.54, 1.807) is 10.9 Å². The van der Waals surface area contributed by atoms with Crippen LogP contribution < -0.4 is 4.90 Å². The number of carbonyl (C=O) groups is 1. The first-order valence-electron chi connectivity index (χ1n) is 8.80. The van der Waals surface area contributed by atoms with Gasteiger partial charge in [-0.15, -0.1) is 0 Å². The number of nitrogens with zero attached hydrogens (tertiary/aromatic N) is 7. The molecule has 2 saturated heterocycles. The highest BCUT2D eigenvalue weighted by molar-refractivity contribution is 6.28. The lowest BCUT2D eigenvalue weighted by Gasteiger charge is -2.37. The summed E-state index contributed by atoms with van der Waals surface area (Å²) in [4.78, 5) is 27.4. The number of ether oxygens (including phenoxy) is 1. The smallest absolute Gasteiger partial charge is 0.236 e. The highest BCUT2D eigenvalue weighted by Gasteiger charge is 2.25. The SMILES string of the molecule is Cn1ncc2c(N3CCN(C(=O)CN4CCOCC4)CC3)nc(Cl)nc21. The lowest BCUT2D eigenvalue weighted by atomic mass is 10.2. The fraction of sp³-hybridized carbons (Fsp3) is 0.625. The summed E-state index contributed by atoms with van der Waals surface area (Å²) in [5.74, 6) is 0.965. The quantitative estimate of drug-likeness (QED) is 0.694. The summed E-state index contributed by atoms with van der Waals surface area (Å²) in [5, 5.41) is 5.34. The molecule has 0 aromatic carbocycles. The molecule has 2 aliphatic heterocycles. The third-order valence-corrected chi connectivity index (χ3v) is 5.11. The van der Waals surface area contributed by atoms with Crippen molar-refractivity contribution in [3.05, 3.63) is 11.5 Å². The van der Waals surface area contributed by atoms with Crippen LogP contribution >= 0.6 is 11.6 Å². The number of piperazine rings is 1. The van der Waals surface area contributed by atoms with E-state index < -0.39 is 0 Å². The molecule has 0 N–H and O–H groups in total. The Morgan fingerprint density at radius 1 is 1.15 bits per heavy atom. The topological polar surface area (TPSA) is 79.6 Å². The molecule has 0 radical (unpaired) electrons. The van der Waals surface area contributed by atoms with Crippen molar-refractivity contribution in [1.82, 2.24) is 29.5 Å². The van der Waals surface area contributed by atoms with E-state index >= 15 is 0 Å². The normalized spacial score (nSPS) is 19.3. The first-order chi connectivity index (χ1) is 12.6. The maximum Gasteiger partial charge on any atom is 0.236 e. The van der Waals surface area contributed by atoms with E-state index in [-0.39, 0.29) is 11.2 Å². The van der Waals surface area contributed by atoms with Gasteiger partial charge in [-0.2, -0.15) is 15.1 Å². The minimum absolute atomic E-state index is 0.179. The average Bonchev–Trinajstić information content (AvgIpc) is 3.03. The predicted octanol–water partition coefficient (Wildman–Crippen LogP) is -0.00250. The molecular formula is C16H22ClN7O2. The third-order valence-electron chi connectivity index (χ3n) is 4.94. The molecule has 2 fully saturated rings. The highest BCUT2D eigenvalue weighted by atomic mass is 35.5. The van der Waals surface area contributed by atoms with Crippen LogP contribution in [-0.2, 0) is 16.6 Å². The molecule has 0 aliphatic carbocycles. The molecule has 4 heterocycles. The van der Waals surface area contributed by atoms with E-state index in [0.717, 1.165) is 24.3 Å². The van der Waals surface area contributed by atoms with Crippen molar-refractivity contribution in [2.45, 2.75) is 0 Å². The Bertz CT molecular complexity index is 797. The van der Waals surface area contributed by atoms with E-state index in [9.17, 15) is 4.79 Å². The van der Waals surface area contributed by atoms with Gasteiger partial charge in [0.15, 0.2) is 5.65 Å². The van der Waals surface area contributed by atoms with Crippen LogP contribution in [0.15, 0.2) is 6.20 Å². The molecule has 0 atom stereocenters. The minimum Gasteiger partial charge on any atom is -0.379 e. The maximum atomic E-state index is 12.5. The van der Waals surface area contributed by atoms with Gasteiger partial charge in [0.25, 0.3) is 0 Å². The molecule has 4 rings (SSSR count). The summed E-state index contributed by atoms with van der Waals surface area (Å²) in [6.45, 7) is 6.30. The van der Waals surface area contributed by atoms with Crippen molar-refractivity contribution in [3.63, 3.8) is 0 Å². The fourth-order valence-electron chi connectivity index (χ4n) is 3.44. The molecule has 9 nitrogen and oxygen atoms in total. The van der Waals surface area contributed by atoms with E-state index in [1.165, 1.54) is 0 Å². The van der Waals surface area contributed by atoms with Crippen LogP contribution in [0.3, 0.4) is 0 Å². The number of fused-ring (bicyclic) bond motifs is 1. The molecule has 0 saturated carbocycles. The van der Waals surface area contributed by atoms with Crippen LogP contribution in [0.25, 0.3) is 11.0 Å². The zero-order valence-electron chi connectivity index (χ0n) is 14.8. The number of morpholine rings is 1. The molecule has 140 valence electrons. The van der Waals surface area contributed by atoms with Gasteiger partial charge in [-0.1, -0.05) is 0 Å². The lowest BCUT2D eigenvalue weighted by molar-refractivity contribution is -0.133. The van der Waals surface area contributed by atoms with E-state index in [1.807, 2.05) is 11.9 Å². The zero-order chi connectivity index (χ0) is 18.1. The second-order valence-electron chi connectivity index (χ2n) is 6.58. The van der Waals surface area contributed by atoms with Gasteiger partial charge in [0.05, 0.1) is 31.3 Å². The van der Waals surface area contributed by atoms with Gasteiger partial charge >= 0.3 is 0 Å². The standard InChI is InChI=1S/C16H22ClN7O2/c1-21-14-12(10-18-21)15(20-16(17)19-14)24-4-2-23(3-5-24)13(25)11-22-6-8-26-9-7-22/h10H,2-9,11H2,1H3. The van der Waals surface area contributed by atoms with Crippen LogP contribution in [0.4, 0.5) is 5.82 Å². The molecule has 1 amide bonds. The van der Waals surface area contributed by atoms with Crippen LogP contribution in [0.2, 0.25) is 5.28 Å². The van der Waals surface area contributed by atoms with Crippen molar-refractivity contribution in [1.29, 1.82) is 0 Å². The molecule has 10 heteroatoms. The summed E-state index contributed by atoms with van der Waals surface area (Å²) in [7, 11) is 1.83. The van der Waals surface area contributed by atoms with Crippen molar-refractivity contribution in [2.75, 3.05) is 63.9 Å². The molecular weight excluding hydrogens is 358 g/mol. The third kappa shape index (κ3) is 3.46. The number of amides is 1. The minimum atomic E-state index is 0.179. The van der Waals surface area contributed by atoms with Crippen molar-refractivity contribution in [3.8, 4) is 0 Å². The number of halogens is 1. The molecule has 0 spiro atoms. The highest BCUT2D eigenvalue weighted by Crippen LogP contribution is 2.25. The van der Waals surface area contributed by atoms with Gasteiger partial charge in [-0.25, -0.2) is 0 Å². The summed E-state index contributed by atoms with van der Waals surface area (Å²) in [6.07, 6.45) is 1.76. The summed E-state index contributed by atoms with van der Waals surface area (Å²) >= 11 is 6.09. The summed E-state index contributed by atoms with van der Waals surface area (Å²) in [5.41, 5.74) is 0.714. The Balaban J connectivity index is 1.41. The molecule has 2 aromatic rings. The van der Waals surface area contributed by atoms with Gasteiger partial charge in [0, 0.05) is 46.3 Å². The molecule has 2 aromatic heterocycles.